The Morgan fingerprint density at radius 2 is 2.00 bits per heavy atom. The molecule has 28 heavy (non-hydrogen) atoms. The molecule has 3 aromatic rings. The number of hydrogen-bond donors (Lipinski definition) is 1. The smallest absolute Gasteiger partial charge is 0.422 e. The summed E-state index contributed by atoms with van der Waals surface area (Å²) in [7, 11) is 0. The lowest BCUT2D eigenvalue weighted by Gasteiger charge is -2.13. The summed E-state index contributed by atoms with van der Waals surface area (Å²) in [6.07, 6.45) is -3.05. The van der Waals surface area contributed by atoms with Crippen LogP contribution in [-0.4, -0.2) is 34.3 Å². The van der Waals surface area contributed by atoms with E-state index in [1.165, 1.54) is 36.2 Å². The first kappa shape index (κ1) is 20.2. The first-order valence-electron chi connectivity index (χ1n) is 7.92. The highest BCUT2D eigenvalue weighted by Crippen LogP contribution is 2.29. The summed E-state index contributed by atoms with van der Waals surface area (Å²) in [5.74, 6) is 0.439. The molecular formula is C17H14F5N3O2S. The molecule has 0 saturated carbocycles. The second-order valence-corrected chi connectivity index (χ2v) is 6.64. The zero-order valence-corrected chi connectivity index (χ0v) is 15.2. The molecule has 0 radical (unpaired) electrons. The molecule has 0 unspecified atom stereocenters. The fraction of sp³-hybridized carbons (Fsp3) is 0.294. The highest BCUT2D eigenvalue weighted by atomic mass is 32.2. The molecule has 0 aliphatic carbocycles. The lowest BCUT2D eigenvalue weighted by atomic mass is 10.2. The Morgan fingerprint density at radius 1 is 1.21 bits per heavy atom. The first-order chi connectivity index (χ1) is 13.2. The van der Waals surface area contributed by atoms with Crippen molar-refractivity contribution in [1.29, 1.82) is 0 Å². The van der Waals surface area contributed by atoms with Gasteiger partial charge in [-0.2, -0.15) is 22.0 Å². The number of nitrogens with one attached hydrogen (secondary N) is 1. The maximum Gasteiger partial charge on any atom is 0.422 e. The average Bonchev–Trinajstić information content (AvgIpc) is 3.00. The van der Waals surface area contributed by atoms with Crippen molar-refractivity contribution in [3.63, 3.8) is 0 Å². The molecule has 0 amide bonds. The Hall–Kier alpha value is -2.56. The maximum atomic E-state index is 12.3. The molecule has 0 aliphatic heterocycles. The van der Waals surface area contributed by atoms with Crippen LogP contribution in [0.3, 0.4) is 0 Å². The number of H-pyrrole nitrogens is 1. The molecule has 1 N–H and O–H groups in total. The molecule has 0 spiro atoms. The highest BCUT2D eigenvalue weighted by Gasteiger charge is 2.28. The van der Waals surface area contributed by atoms with Crippen LogP contribution in [-0.2, 0) is 5.75 Å². The highest BCUT2D eigenvalue weighted by molar-refractivity contribution is 7.98. The largest absolute Gasteiger partial charge is 0.484 e. The number of benzene rings is 1. The van der Waals surface area contributed by atoms with Crippen molar-refractivity contribution in [2.75, 3.05) is 6.61 Å². The van der Waals surface area contributed by atoms with Crippen molar-refractivity contribution >= 4 is 22.8 Å². The Morgan fingerprint density at radius 3 is 2.71 bits per heavy atom. The Kier molecular flexibility index (Phi) is 5.92. The summed E-state index contributed by atoms with van der Waals surface area (Å²) in [6, 6.07) is 5.73. The van der Waals surface area contributed by atoms with Gasteiger partial charge in [-0.15, -0.1) is 0 Å². The van der Waals surface area contributed by atoms with E-state index in [0.717, 1.165) is 0 Å². The fourth-order valence-electron chi connectivity index (χ4n) is 2.36. The van der Waals surface area contributed by atoms with Gasteiger partial charge in [0.25, 0.3) is 0 Å². The van der Waals surface area contributed by atoms with Gasteiger partial charge < -0.3 is 14.5 Å². The van der Waals surface area contributed by atoms with Gasteiger partial charge in [-0.05, 0) is 25.1 Å². The number of thioether (sulfide) groups is 1. The molecule has 2 heterocycles. The monoisotopic (exact) mass is 419 g/mol. The van der Waals surface area contributed by atoms with Crippen LogP contribution in [0.1, 0.15) is 11.3 Å². The van der Waals surface area contributed by atoms with E-state index in [9.17, 15) is 22.0 Å². The third-order valence-electron chi connectivity index (χ3n) is 3.65. The lowest BCUT2D eigenvalue weighted by molar-refractivity contribution is -0.153. The van der Waals surface area contributed by atoms with E-state index in [0.29, 0.717) is 33.2 Å². The van der Waals surface area contributed by atoms with Crippen LogP contribution in [0, 0.1) is 6.92 Å². The van der Waals surface area contributed by atoms with Crippen molar-refractivity contribution in [2.45, 2.75) is 30.6 Å². The summed E-state index contributed by atoms with van der Waals surface area (Å²) >= 11 is 1.27. The predicted octanol–water partition coefficient (Wildman–Crippen LogP) is 5.10. The predicted molar refractivity (Wildman–Crippen MR) is 92.8 cm³/mol. The average molecular weight is 419 g/mol. The third kappa shape index (κ3) is 5.24. The van der Waals surface area contributed by atoms with Gasteiger partial charge in [-0.1, -0.05) is 11.8 Å². The van der Waals surface area contributed by atoms with Crippen molar-refractivity contribution in [3.8, 4) is 11.5 Å². The van der Waals surface area contributed by atoms with Gasteiger partial charge in [-0.3, -0.25) is 4.98 Å². The van der Waals surface area contributed by atoms with Crippen LogP contribution in [0.25, 0.3) is 11.0 Å². The number of aromatic nitrogens is 3. The van der Waals surface area contributed by atoms with Gasteiger partial charge in [0.1, 0.15) is 11.5 Å². The van der Waals surface area contributed by atoms with Crippen LogP contribution in [0.5, 0.6) is 11.5 Å². The number of aromatic amines is 1. The van der Waals surface area contributed by atoms with Crippen molar-refractivity contribution < 1.29 is 31.4 Å². The van der Waals surface area contributed by atoms with Crippen molar-refractivity contribution in [2.24, 2.45) is 0 Å². The van der Waals surface area contributed by atoms with Gasteiger partial charge >= 0.3 is 12.8 Å². The van der Waals surface area contributed by atoms with Gasteiger partial charge in [0.15, 0.2) is 11.8 Å². The fourth-order valence-corrected chi connectivity index (χ4v) is 3.27. The molecule has 0 bridgehead atoms. The van der Waals surface area contributed by atoms with E-state index < -0.39 is 19.4 Å². The van der Waals surface area contributed by atoms with E-state index in [2.05, 4.69) is 19.7 Å². The minimum atomic E-state index is -4.42. The van der Waals surface area contributed by atoms with E-state index in [4.69, 9.17) is 4.74 Å². The zero-order valence-electron chi connectivity index (χ0n) is 14.4. The second kappa shape index (κ2) is 8.21. The molecular weight excluding hydrogens is 405 g/mol. The van der Waals surface area contributed by atoms with Crippen molar-refractivity contribution in [1.82, 2.24) is 15.0 Å². The quantitative estimate of drug-likeness (QED) is 0.427. The number of alkyl halides is 5. The number of nitrogens with zero attached hydrogens (tertiary/aromatic N) is 2. The topological polar surface area (TPSA) is 60.0 Å². The van der Waals surface area contributed by atoms with Crippen LogP contribution in [0.4, 0.5) is 22.0 Å². The summed E-state index contributed by atoms with van der Waals surface area (Å²) in [5.41, 5.74) is 2.14. The maximum absolute atomic E-state index is 12.3. The Balaban J connectivity index is 1.70. The molecule has 2 aromatic heterocycles. The minimum absolute atomic E-state index is 0.00224. The number of ether oxygens (including phenoxy) is 2. The molecule has 0 atom stereocenters. The number of rotatable bonds is 7. The van der Waals surface area contributed by atoms with E-state index in [-0.39, 0.29) is 11.5 Å². The molecule has 5 nitrogen and oxygen atoms in total. The number of imidazole rings is 1. The third-order valence-corrected chi connectivity index (χ3v) is 4.54. The summed E-state index contributed by atoms with van der Waals surface area (Å²) < 4.78 is 70.7. The zero-order chi connectivity index (χ0) is 20.3. The van der Waals surface area contributed by atoms with E-state index >= 15 is 0 Å². The number of halogens is 5. The van der Waals surface area contributed by atoms with Crippen LogP contribution in [0.2, 0.25) is 0 Å². The molecule has 11 heteroatoms. The normalized spacial score (nSPS) is 12.0. The number of hydrogen-bond acceptors (Lipinski definition) is 5. The molecule has 3 rings (SSSR count). The standard InChI is InChI=1S/C17H14F5N3O2S/c1-9-13(23-5-4-14(9)26-8-17(20,21)22)7-28-16-24-11-3-2-10(27-15(18)19)6-12(11)25-16/h2-6,15H,7-8H2,1H3,(H,24,25). The lowest BCUT2D eigenvalue weighted by Crippen LogP contribution is -2.19. The number of fused-ring (bicyclic) bond motifs is 1. The van der Waals surface area contributed by atoms with Gasteiger partial charge in [0.2, 0.25) is 0 Å². The van der Waals surface area contributed by atoms with Gasteiger partial charge in [0, 0.05) is 23.6 Å². The molecule has 0 fully saturated rings. The molecule has 1 aromatic carbocycles. The van der Waals surface area contributed by atoms with Gasteiger partial charge in [0.05, 0.1) is 16.7 Å². The Labute approximate surface area is 160 Å². The first-order valence-corrected chi connectivity index (χ1v) is 8.91. The SMILES string of the molecule is Cc1c(OCC(F)(F)F)ccnc1CSc1nc2cc(OC(F)F)ccc2[nH]1. The molecule has 0 aliphatic rings. The van der Waals surface area contributed by atoms with Gasteiger partial charge in [-0.25, -0.2) is 4.98 Å². The Bertz CT molecular complexity index is 962. The summed E-state index contributed by atoms with van der Waals surface area (Å²) in [4.78, 5) is 11.5. The van der Waals surface area contributed by atoms with Crippen molar-refractivity contribution in [3.05, 3.63) is 41.7 Å². The molecule has 0 saturated heterocycles. The summed E-state index contributed by atoms with van der Waals surface area (Å²) in [6.45, 7) is -2.68. The van der Waals surface area contributed by atoms with E-state index in [1.807, 2.05) is 0 Å². The van der Waals surface area contributed by atoms with Crippen LogP contribution in [0.15, 0.2) is 35.6 Å². The molecule has 150 valence electrons. The minimum Gasteiger partial charge on any atom is -0.484 e. The van der Waals surface area contributed by atoms with Crippen LogP contribution < -0.4 is 9.47 Å². The summed E-state index contributed by atoms with van der Waals surface area (Å²) in [5, 5.41) is 0.506. The van der Waals surface area contributed by atoms with Crippen LogP contribution >= 0.6 is 11.8 Å². The number of pyridine rings is 1. The van der Waals surface area contributed by atoms with E-state index in [1.54, 1.807) is 13.0 Å². The second-order valence-electron chi connectivity index (χ2n) is 5.67.